The van der Waals surface area contributed by atoms with Gasteiger partial charge >= 0.3 is 0 Å². The van der Waals surface area contributed by atoms with Gasteiger partial charge in [0, 0.05) is 40.2 Å². The molecule has 0 aliphatic heterocycles. The van der Waals surface area contributed by atoms with E-state index in [4.69, 9.17) is 4.74 Å². The number of carbonyl (C=O) groups is 2. The number of hydrogen-bond donors (Lipinski definition) is 2. The monoisotopic (exact) mass is 245 g/mol. The van der Waals surface area contributed by atoms with Gasteiger partial charge in [0.25, 0.3) is 0 Å². The van der Waals surface area contributed by atoms with Gasteiger partial charge in [0.1, 0.15) is 0 Å². The third-order valence-corrected chi connectivity index (χ3v) is 2.33. The van der Waals surface area contributed by atoms with Crippen molar-refractivity contribution in [2.75, 3.05) is 46.9 Å². The van der Waals surface area contributed by atoms with E-state index in [0.29, 0.717) is 32.7 Å². The first-order valence-corrected chi connectivity index (χ1v) is 5.82. The Labute approximate surface area is 103 Å². The zero-order chi connectivity index (χ0) is 13.1. The summed E-state index contributed by atoms with van der Waals surface area (Å²) in [5, 5.41) is 5.64. The highest BCUT2D eigenvalue weighted by Gasteiger charge is 2.05. The summed E-state index contributed by atoms with van der Waals surface area (Å²) in [6.07, 6.45) is 0.368. The number of methoxy groups -OCH3 is 1. The molecule has 0 aliphatic rings. The van der Waals surface area contributed by atoms with Gasteiger partial charge in [-0.15, -0.1) is 0 Å². The summed E-state index contributed by atoms with van der Waals surface area (Å²) in [5.74, 6) is -0.00173. The van der Waals surface area contributed by atoms with Crippen LogP contribution in [0.5, 0.6) is 0 Å². The molecule has 0 aromatic rings. The molecule has 0 saturated carbocycles. The summed E-state index contributed by atoms with van der Waals surface area (Å²) in [4.78, 5) is 24.3. The van der Waals surface area contributed by atoms with Crippen LogP contribution in [0.25, 0.3) is 0 Å². The fraction of sp³-hybridized carbons (Fsp3) is 0.818. The van der Waals surface area contributed by atoms with Crippen molar-refractivity contribution in [3.05, 3.63) is 0 Å². The summed E-state index contributed by atoms with van der Waals surface area (Å²) in [7, 11) is 3.34. The van der Waals surface area contributed by atoms with Crippen molar-refractivity contribution in [1.82, 2.24) is 15.5 Å². The number of rotatable bonds is 9. The predicted octanol–water partition coefficient (Wildman–Crippen LogP) is -0.793. The molecule has 2 amide bonds. The third-order valence-electron chi connectivity index (χ3n) is 2.33. The molecule has 6 heteroatoms. The summed E-state index contributed by atoms with van der Waals surface area (Å²) in [6.45, 7) is 4.42. The van der Waals surface area contributed by atoms with Gasteiger partial charge in [-0.05, 0) is 6.92 Å². The van der Waals surface area contributed by atoms with E-state index >= 15 is 0 Å². The van der Waals surface area contributed by atoms with E-state index < -0.39 is 0 Å². The number of carbonyl (C=O) groups excluding carboxylic acids is 2. The van der Waals surface area contributed by atoms with Crippen LogP contribution in [0.2, 0.25) is 0 Å². The normalized spacial score (nSPS) is 10.1. The van der Waals surface area contributed by atoms with E-state index in [9.17, 15) is 9.59 Å². The van der Waals surface area contributed by atoms with Crippen molar-refractivity contribution < 1.29 is 14.3 Å². The molecular formula is C11H23N3O3. The fourth-order valence-electron chi connectivity index (χ4n) is 1.09. The highest BCUT2D eigenvalue weighted by molar-refractivity contribution is 5.78. The molecule has 0 spiro atoms. The number of nitrogens with one attached hydrogen (secondary N) is 2. The predicted molar refractivity (Wildman–Crippen MR) is 65.7 cm³/mol. The van der Waals surface area contributed by atoms with Crippen LogP contribution < -0.4 is 10.6 Å². The van der Waals surface area contributed by atoms with Crippen molar-refractivity contribution >= 4 is 11.8 Å². The van der Waals surface area contributed by atoms with E-state index in [1.54, 1.807) is 19.1 Å². The number of amides is 2. The summed E-state index contributed by atoms with van der Waals surface area (Å²) < 4.78 is 4.81. The smallest absolute Gasteiger partial charge is 0.236 e. The molecule has 0 aromatic carbocycles. The van der Waals surface area contributed by atoms with Gasteiger partial charge < -0.3 is 20.3 Å². The van der Waals surface area contributed by atoms with Crippen LogP contribution >= 0.6 is 0 Å². The summed E-state index contributed by atoms with van der Waals surface area (Å²) in [6, 6.07) is 0. The highest BCUT2D eigenvalue weighted by Crippen LogP contribution is 1.83. The third kappa shape index (κ3) is 8.65. The van der Waals surface area contributed by atoms with Crippen molar-refractivity contribution in [2.45, 2.75) is 13.3 Å². The molecule has 0 rings (SSSR count). The maximum Gasteiger partial charge on any atom is 0.236 e. The SMILES string of the molecule is CCN(C)C(=O)CNCCC(=O)NCCOC. The maximum atomic E-state index is 11.4. The minimum Gasteiger partial charge on any atom is -0.383 e. The molecule has 100 valence electrons. The standard InChI is InChI=1S/C11H23N3O3/c1-4-14(2)11(16)9-12-6-5-10(15)13-7-8-17-3/h12H,4-9H2,1-3H3,(H,13,15). The van der Waals surface area contributed by atoms with Gasteiger partial charge in [-0.3, -0.25) is 9.59 Å². The second-order valence-electron chi connectivity index (χ2n) is 3.68. The molecule has 0 aromatic heterocycles. The molecule has 0 unspecified atom stereocenters. The first kappa shape index (κ1) is 15.9. The molecule has 17 heavy (non-hydrogen) atoms. The number of nitrogens with zero attached hydrogens (tertiary/aromatic N) is 1. The van der Waals surface area contributed by atoms with E-state index in [1.165, 1.54) is 0 Å². The minimum absolute atomic E-state index is 0.0345. The lowest BCUT2D eigenvalue weighted by Gasteiger charge is -2.14. The van der Waals surface area contributed by atoms with E-state index in [0.717, 1.165) is 0 Å². The number of hydrogen-bond acceptors (Lipinski definition) is 4. The lowest BCUT2D eigenvalue weighted by atomic mass is 10.4. The van der Waals surface area contributed by atoms with Gasteiger partial charge in [-0.1, -0.05) is 0 Å². The average molecular weight is 245 g/mol. The Morgan fingerprint density at radius 3 is 2.59 bits per heavy atom. The van der Waals surface area contributed by atoms with Crippen molar-refractivity contribution in [3.63, 3.8) is 0 Å². The molecule has 0 bridgehead atoms. The molecule has 6 nitrogen and oxygen atoms in total. The lowest BCUT2D eigenvalue weighted by Crippen LogP contribution is -2.37. The maximum absolute atomic E-state index is 11.4. The van der Waals surface area contributed by atoms with Crippen LogP contribution in [0.3, 0.4) is 0 Å². The molecule has 0 saturated heterocycles. The minimum atomic E-state index is -0.0363. The Hall–Kier alpha value is -1.14. The molecule has 0 atom stereocenters. The zero-order valence-electron chi connectivity index (χ0n) is 10.9. The molecule has 0 radical (unpaired) electrons. The first-order valence-electron chi connectivity index (χ1n) is 5.82. The van der Waals surface area contributed by atoms with Crippen molar-refractivity contribution in [3.8, 4) is 0 Å². The van der Waals surface area contributed by atoms with Crippen LogP contribution in [0.1, 0.15) is 13.3 Å². The Kier molecular flexibility index (Phi) is 9.37. The van der Waals surface area contributed by atoms with Crippen LogP contribution in [0.4, 0.5) is 0 Å². The van der Waals surface area contributed by atoms with Crippen LogP contribution in [-0.2, 0) is 14.3 Å². The Morgan fingerprint density at radius 1 is 1.29 bits per heavy atom. The first-order chi connectivity index (χ1) is 8.11. The second kappa shape index (κ2) is 10.0. The summed E-state index contributed by atoms with van der Waals surface area (Å²) in [5.41, 5.74) is 0. The molecule has 0 fully saturated rings. The topological polar surface area (TPSA) is 70.7 Å². The fourth-order valence-corrected chi connectivity index (χ4v) is 1.09. The van der Waals surface area contributed by atoms with Crippen molar-refractivity contribution in [1.29, 1.82) is 0 Å². The summed E-state index contributed by atoms with van der Waals surface area (Å²) >= 11 is 0. The van der Waals surface area contributed by atoms with Crippen LogP contribution in [-0.4, -0.2) is 63.7 Å². The molecule has 0 heterocycles. The average Bonchev–Trinajstić information content (AvgIpc) is 2.33. The Bertz CT molecular complexity index is 234. The van der Waals surface area contributed by atoms with E-state index in [1.807, 2.05) is 6.92 Å². The van der Waals surface area contributed by atoms with Gasteiger partial charge in [-0.2, -0.15) is 0 Å². The van der Waals surface area contributed by atoms with Gasteiger partial charge in [0.05, 0.1) is 13.2 Å². The molecular weight excluding hydrogens is 222 g/mol. The second-order valence-corrected chi connectivity index (χ2v) is 3.68. The number of ether oxygens (including phenoxy) is 1. The van der Waals surface area contributed by atoms with Crippen LogP contribution in [0.15, 0.2) is 0 Å². The van der Waals surface area contributed by atoms with E-state index in [-0.39, 0.29) is 18.4 Å². The van der Waals surface area contributed by atoms with Gasteiger partial charge in [-0.25, -0.2) is 0 Å². The lowest BCUT2D eigenvalue weighted by molar-refractivity contribution is -0.129. The quantitative estimate of drug-likeness (QED) is 0.522. The van der Waals surface area contributed by atoms with Gasteiger partial charge in [0.15, 0.2) is 0 Å². The Morgan fingerprint density at radius 2 is 2.00 bits per heavy atom. The number of likely N-dealkylation sites (N-methyl/N-ethyl adjacent to an activating group) is 1. The van der Waals surface area contributed by atoms with E-state index in [2.05, 4.69) is 10.6 Å². The van der Waals surface area contributed by atoms with Crippen LogP contribution in [0, 0.1) is 0 Å². The molecule has 0 aliphatic carbocycles. The van der Waals surface area contributed by atoms with Crippen molar-refractivity contribution in [2.24, 2.45) is 0 Å². The molecule has 2 N–H and O–H groups in total. The van der Waals surface area contributed by atoms with Gasteiger partial charge in [0.2, 0.25) is 11.8 Å². The zero-order valence-corrected chi connectivity index (χ0v) is 10.9. The highest BCUT2D eigenvalue weighted by atomic mass is 16.5. The largest absolute Gasteiger partial charge is 0.383 e. The Balaban J connectivity index is 3.44.